The van der Waals surface area contributed by atoms with Gasteiger partial charge in [0.1, 0.15) is 5.82 Å². The first-order valence-corrected chi connectivity index (χ1v) is 8.70. The van der Waals surface area contributed by atoms with Crippen LogP contribution < -0.4 is 10.2 Å². The zero-order valence-electron chi connectivity index (χ0n) is 15.1. The van der Waals surface area contributed by atoms with Crippen LogP contribution in [0.1, 0.15) is 21.5 Å². The van der Waals surface area contributed by atoms with Gasteiger partial charge in [-0.2, -0.15) is 0 Å². The summed E-state index contributed by atoms with van der Waals surface area (Å²) < 4.78 is 13.7. The van der Waals surface area contributed by atoms with Gasteiger partial charge in [0.05, 0.1) is 17.4 Å². The lowest BCUT2D eigenvalue weighted by Gasteiger charge is -2.19. The van der Waals surface area contributed by atoms with Gasteiger partial charge in [0.2, 0.25) is 0 Å². The Kier molecular flexibility index (Phi) is 6.10. The largest absolute Gasteiger partial charge is 0.373 e. The molecule has 0 aliphatic carbocycles. The van der Waals surface area contributed by atoms with E-state index >= 15 is 0 Å². The standard InChI is InChI=1S/C21H21FN4O/c1-26(11-8-16-6-9-23-10-7-16)19-12-18(13-24-15-19)21(27)25-14-17-4-2-3-5-20(17)22/h2-7,9-10,12-13,15H,8,11,14H2,1H3,(H,25,27). The molecule has 0 fully saturated rings. The monoisotopic (exact) mass is 364 g/mol. The first-order chi connectivity index (χ1) is 13.1. The Balaban J connectivity index is 1.60. The molecular weight excluding hydrogens is 343 g/mol. The molecule has 0 aliphatic heterocycles. The molecule has 0 spiro atoms. The van der Waals surface area contributed by atoms with E-state index in [1.165, 1.54) is 17.8 Å². The second-order valence-electron chi connectivity index (χ2n) is 6.23. The number of carbonyl (C=O) groups excluding carboxylic acids is 1. The van der Waals surface area contributed by atoms with Gasteiger partial charge >= 0.3 is 0 Å². The van der Waals surface area contributed by atoms with E-state index in [0.29, 0.717) is 11.1 Å². The van der Waals surface area contributed by atoms with Crippen LogP contribution in [0, 0.1) is 5.82 Å². The molecule has 3 aromatic rings. The Labute approximate surface area is 157 Å². The molecule has 1 aromatic carbocycles. The maximum absolute atomic E-state index is 13.7. The third-order valence-corrected chi connectivity index (χ3v) is 4.31. The fraction of sp³-hybridized carbons (Fsp3) is 0.190. The maximum atomic E-state index is 13.7. The summed E-state index contributed by atoms with van der Waals surface area (Å²) in [4.78, 5) is 22.6. The van der Waals surface area contributed by atoms with E-state index in [9.17, 15) is 9.18 Å². The smallest absolute Gasteiger partial charge is 0.253 e. The van der Waals surface area contributed by atoms with Crippen molar-refractivity contribution in [1.82, 2.24) is 15.3 Å². The van der Waals surface area contributed by atoms with Crippen LogP contribution in [0.4, 0.5) is 10.1 Å². The van der Waals surface area contributed by atoms with Crippen molar-refractivity contribution >= 4 is 11.6 Å². The quantitative estimate of drug-likeness (QED) is 0.699. The van der Waals surface area contributed by atoms with Crippen LogP contribution in [0.2, 0.25) is 0 Å². The lowest BCUT2D eigenvalue weighted by molar-refractivity contribution is 0.0950. The molecule has 0 bridgehead atoms. The van der Waals surface area contributed by atoms with Gasteiger partial charge in [-0.15, -0.1) is 0 Å². The number of halogens is 1. The molecule has 0 aliphatic rings. The molecule has 0 saturated heterocycles. The highest BCUT2D eigenvalue weighted by Crippen LogP contribution is 2.14. The average molecular weight is 364 g/mol. The summed E-state index contributed by atoms with van der Waals surface area (Å²) in [6, 6.07) is 12.1. The molecule has 2 aromatic heterocycles. The van der Waals surface area contributed by atoms with Gasteiger partial charge in [-0.3, -0.25) is 14.8 Å². The number of rotatable bonds is 7. The third kappa shape index (κ3) is 5.10. The number of hydrogen-bond acceptors (Lipinski definition) is 4. The van der Waals surface area contributed by atoms with Gasteiger partial charge in [-0.1, -0.05) is 18.2 Å². The van der Waals surface area contributed by atoms with Crippen LogP contribution >= 0.6 is 0 Å². The van der Waals surface area contributed by atoms with Gasteiger partial charge in [0, 0.05) is 44.3 Å². The lowest BCUT2D eigenvalue weighted by Crippen LogP contribution is -2.25. The summed E-state index contributed by atoms with van der Waals surface area (Å²) in [6.45, 7) is 0.916. The van der Waals surface area contributed by atoms with Crippen molar-refractivity contribution in [1.29, 1.82) is 0 Å². The fourth-order valence-electron chi connectivity index (χ4n) is 2.66. The van der Waals surface area contributed by atoms with Crippen molar-refractivity contribution in [2.75, 3.05) is 18.5 Å². The van der Waals surface area contributed by atoms with Gasteiger partial charge < -0.3 is 10.2 Å². The zero-order chi connectivity index (χ0) is 19.1. The van der Waals surface area contributed by atoms with E-state index in [1.54, 1.807) is 42.9 Å². The van der Waals surface area contributed by atoms with Crippen molar-refractivity contribution in [2.45, 2.75) is 13.0 Å². The number of aromatic nitrogens is 2. The number of carbonyl (C=O) groups is 1. The summed E-state index contributed by atoms with van der Waals surface area (Å²) in [7, 11) is 1.96. The van der Waals surface area contributed by atoms with E-state index in [1.807, 2.05) is 24.1 Å². The number of nitrogens with zero attached hydrogens (tertiary/aromatic N) is 3. The Morgan fingerprint density at radius 2 is 1.89 bits per heavy atom. The highest BCUT2D eigenvalue weighted by molar-refractivity contribution is 5.94. The second kappa shape index (κ2) is 8.89. The summed E-state index contributed by atoms with van der Waals surface area (Å²) >= 11 is 0. The van der Waals surface area contributed by atoms with Gasteiger partial charge in [0.25, 0.3) is 5.91 Å². The molecule has 0 atom stereocenters. The number of nitrogens with one attached hydrogen (secondary N) is 1. The molecule has 0 unspecified atom stereocenters. The Morgan fingerprint density at radius 3 is 2.67 bits per heavy atom. The number of pyridine rings is 2. The fourth-order valence-corrected chi connectivity index (χ4v) is 2.66. The first kappa shape index (κ1) is 18.5. The minimum absolute atomic E-state index is 0.133. The third-order valence-electron chi connectivity index (χ3n) is 4.31. The molecule has 1 N–H and O–H groups in total. The molecule has 5 nitrogen and oxygen atoms in total. The highest BCUT2D eigenvalue weighted by atomic mass is 19.1. The van der Waals surface area contributed by atoms with Gasteiger partial charge in [-0.25, -0.2) is 4.39 Å². The average Bonchev–Trinajstić information content (AvgIpc) is 2.72. The summed E-state index contributed by atoms with van der Waals surface area (Å²) in [5, 5.41) is 2.74. The Hall–Kier alpha value is -3.28. The SMILES string of the molecule is CN(CCc1ccncc1)c1cncc(C(=O)NCc2ccccc2F)c1. The number of benzene rings is 1. The van der Waals surface area contributed by atoms with Crippen molar-refractivity contribution < 1.29 is 9.18 Å². The van der Waals surface area contributed by atoms with Crippen LogP contribution in [0.25, 0.3) is 0 Å². The summed E-state index contributed by atoms with van der Waals surface area (Å²) in [5.74, 6) is -0.615. The molecule has 27 heavy (non-hydrogen) atoms. The van der Waals surface area contributed by atoms with Crippen LogP contribution in [-0.2, 0) is 13.0 Å². The van der Waals surface area contributed by atoms with E-state index in [2.05, 4.69) is 15.3 Å². The summed E-state index contributed by atoms with van der Waals surface area (Å²) in [5.41, 5.74) is 2.94. The normalized spacial score (nSPS) is 10.4. The van der Waals surface area contributed by atoms with Gasteiger partial charge in [-0.05, 0) is 36.2 Å². The molecular formula is C21H21FN4O. The number of amides is 1. The van der Waals surface area contributed by atoms with E-state index in [0.717, 1.165) is 18.7 Å². The zero-order valence-corrected chi connectivity index (χ0v) is 15.1. The van der Waals surface area contributed by atoms with E-state index in [-0.39, 0.29) is 18.3 Å². The second-order valence-corrected chi connectivity index (χ2v) is 6.23. The number of hydrogen-bond donors (Lipinski definition) is 1. The molecule has 3 rings (SSSR count). The maximum Gasteiger partial charge on any atom is 0.253 e. The molecule has 0 radical (unpaired) electrons. The molecule has 1 amide bonds. The van der Waals surface area contributed by atoms with Crippen molar-refractivity contribution in [3.63, 3.8) is 0 Å². The van der Waals surface area contributed by atoms with Crippen molar-refractivity contribution in [3.8, 4) is 0 Å². The number of likely N-dealkylation sites (N-methyl/N-ethyl adjacent to an activating group) is 1. The molecule has 138 valence electrons. The predicted molar refractivity (Wildman–Crippen MR) is 103 cm³/mol. The minimum Gasteiger partial charge on any atom is -0.373 e. The minimum atomic E-state index is -0.333. The summed E-state index contributed by atoms with van der Waals surface area (Å²) in [6.07, 6.45) is 7.65. The van der Waals surface area contributed by atoms with Crippen LogP contribution in [0.5, 0.6) is 0 Å². The first-order valence-electron chi connectivity index (χ1n) is 8.70. The van der Waals surface area contributed by atoms with Crippen molar-refractivity contribution in [2.24, 2.45) is 0 Å². The van der Waals surface area contributed by atoms with Crippen LogP contribution in [-0.4, -0.2) is 29.5 Å². The topological polar surface area (TPSA) is 58.1 Å². The number of anilines is 1. The van der Waals surface area contributed by atoms with Crippen LogP contribution in [0.3, 0.4) is 0 Å². The predicted octanol–water partition coefficient (Wildman–Crippen LogP) is 3.22. The Morgan fingerprint density at radius 1 is 1.11 bits per heavy atom. The molecule has 6 heteroatoms. The van der Waals surface area contributed by atoms with Gasteiger partial charge in [0.15, 0.2) is 0 Å². The van der Waals surface area contributed by atoms with Crippen molar-refractivity contribution in [3.05, 3.63) is 89.8 Å². The lowest BCUT2D eigenvalue weighted by atomic mass is 10.2. The highest BCUT2D eigenvalue weighted by Gasteiger charge is 2.10. The van der Waals surface area contributed by atoms with Crippen LogP contribution in [0.15, 0.2) is 67.3 Å². The molecule has 0 saturated carbocycles. The molecule has 2 heterocycles. The Bertz CT molecular complexity index is 901. The van der Waals surface area contributed by atoms with E-state index < -0.39 is 0 Å². The van der Waals surface area contributed by atoms with E-state index in [4.69, 9.17) is 0 Å².